The molecule has 1 aliphatic rings. The van der Waals surface area contributed by atoms with Crippen molar-refractivity contribution in [2.24, 2.45) is 5.92 Å². The zero-order valence-corrected chi connectivity index (χ0v) is 12.0. The van der Waals surface area contributed by atoms with Crippen LogP contribution in [0.25, 0.3) is 0 Å². The van der Waals surface area contributed by atoms with Crippen LogP contribution in [0.5, 0.6) is 0 Å². The third-order valence-corrected chi connectivity index (χ3v) is 3.14. The molecule has 1 aromatic heterocycles. The number of nitrogens with one attached hydrogen (secondary N) is 1. The Kier molecular flexibility index (Phi) is 5.89. The van der Waals surface area contributed by atoms with Crippen LogP contribution in [-0.2, 0) is 22.6 Å². The average molecular weight is 267 g/mol. The van der Waals surface area contributed by atoms with Gasteiger partial charge in [-0.1, -0.05) is 13.8 Å². The molecule has 108 valence electrons. The first-order valence-corrected chi connectivity index (χ1v) is 7.21. The van der Waals surface area contributed by atoms with E-state index >= 15 is 0 Å². The summed E-state index contributed by atoms with van der Waals surface area (Å²) in [5.41, 5.74) is 0. The first-order chi connectivity index (χ1) is 9.24. The maximum atomic E-state index is 5.70. The second kappa shape index (κ2) is 7.68. The number of hydrogen-bond acceptors (Lipinski definition) is 4. The molecule has 1 N–H and O–H groups in total. The first-order valence-electron chi connectivity index (χ1n) is 7.21. The van der Waals surface area contributed by atoms with Gasteiger partial charge >= 0.3 is 0 Å². The summed E-state index contributed by atoms with van der Waals surface area (Å²) in [6, 6.07) is 4.00. The van der Waals surface area contributed by atoms with E-state index in [1.54, 1.807) is 0 Å². The fraction of sp³-hybridized carbons (Fsp3) is 0.733. The molecule has 0 aromatic carbocycles. The van der Waals surface area contributed by atoms with Crippen molar-refractivity contribution in [3.63, 3.8) is 0 Å². The van der Waals surface area contributed by atoms with Crippen LogP contribution in [0.4, 0.5) is 0 Å². The standard InChI is InChI=1S/C15H25NO3/c1-12(2)8-16-9-13-5-6-15(19-13)11-17-10-14-4-3-7-18-14/h5-6,12,14,16H,3-4,7-11H2,1-2H3. The molecule has 4 heteroatoms. The molecule has 0 amide bonds. The van der Waals surface area contributed by atoms with Crippen LogP contribution < -0.4 is 5.32 Å². The Morgan fingerprint density at radius 2 is 2.21 bits per heavy atom. The summed E-state index contributed by atoms with van der Waals surface area (Å²) < 4.78 is 16.8. The fourth-order valence-corrected chi connectivity index (χ4v) is 2.15. The molecule has 2 rings (SSSR count). The van der Waals surface area contributed by atoms with Crippen molar-refractivity contribution in [3.05, 3.63) is 23.7 Å². The smallest absolute Gasteiger partial charge is 0.129 e. The van der Waals surface area contributed by atoms with Crippen LogP contribution in [0, 0.1) is 5.92 Å². The number of ether oxygens (including phenoxy) is 2. The minimum Gasteiger partial charge on any atom is -0.462 e. The highest BCUT2D eigenvalue weighted by Crippen LogP contribution is 2.14. The van der Waals surface area contributed by atoms with Gasteiger partial charge in [0, 0.05) is 6.61 Å². The van der Waals surface area contributed by atoms with Crippen molar-refractivity contribution < 1.29 is 13.9 Å². The van der Waals surface area contributed by atoms with Crippen molar-refractivity contribution >= 4 is 0 Å². The van der Waals surface area contributed by atoms with Crippen LogP contribution in [-0.4, -0.2) is 25.9 Å². The Morgan fingerprint density at radius 1 is 1.37 bits per heavy atom. The predicted octanol–water partition coefficient (Wildman–Crippen LogP) is 2.72. The molecule has 1 atom stereocenters. The van der Waals surface area contributed by atoms with Crippen LogP contribution in [0.1, 0.15) is 38.2 Å². The highest BCUT2D eigenvalue weighted by Gasteiger charge is 2.15. The summed E-state index contributed by atoms with van der Waals surface area (Å²) >= 11 is 0. The number of hydrogen-bond donors (Lipinski definition) is 1. The van der Waals surface area contributed by atoms with Gasteiger partial charge in [0.15, 0.2) is 0 Å². The Hall–Kier alpha value is -0.840. The molecule has 0 radical (unpaired) electrons. The third kappa shape index (κ3) is 5.35. The Morgan fingerprint density at radius 3 is 2.95 bits per heavy atom. The fourth-order valence-electron chi connectivity index (χ4n) is 2.15. The van der Waals surface area contributed by atoms with Gasteiger partial charge in [-0.2, -0.15) is 0 Å². The van der Waals surface area contributed by atoms with Crippen LogP contribution in [0.15, 0.2) is 16.5 Å². The highest BCUT2D eigenvalue weighted by molar-refractivity contribution is 5.06. The molecular weight excluding hydrogens is 242 g/mol. The second-order valence-electron chi connectivity index (χ2n) is 5.54. The zero-order valence-electron chi connectivity index (χ0n) is 12.0. The van der Waals surface area contributed by atoms with Gasteiger partial charge in [-0.25, -0.2) is 0 Å². The van der Waals surface area contributed by atoms with E-state index < -0.39 is 0 Å². The molecule has 0 spiro atoms. The second-order valence-corrected chi connectivity index (χ2v) is 5.54. The van der Waals surface area contributed by atoms with E-state index in [0.717, 1.165) is 44.1 Å². The largest absolute Gasteiger partial charge is 0.462 e. The van der Waals surface area contributed by atoms with E-state index in [1.807, 2.05) is 12.1 Å². The van der Waals surface area contributed by atoms with Crippen LogP contribution >= 0.6 is 0 Å². The molecule has 2 heterocycles. The SMILES string of the molecule is CC(C)CNCc1ccc(COCC2CCCO2)o1. The summed E-state index contributed by atoms with van der Waals surface area (Å²) in [4.78, 5) is 0. The van der Waals surface area contributed by atoms with E-state index in [9.17, 15) is 0 Å². The molecule has 1 saturated heterocycles. The van der Waals surface area contributed by atoms with Crippen molar-refractivity contribution in [1.29, 1.82) is 0 Å². The van der Waals surface area contributed by atoms with Crippen molar-refractivity contribution in [3.8, 4) is 0 Å². The van der Waals surface area contributed by atoms with Gasteiger partial charge in [-0.3, -0.25) is 0 Å². The van der Waals surface area contributed by atoms with Crippen molar-refractivity contribution in [2.45, 2.75) is 45.9 Å². The van der Waals surface area contributed by atoms with Crippen LogP contribution in [0.3, 0.4) is 0 Å². The topological polar surface area (TPSA) is 43.6 Å². The van der Waals surface area contributed by atoms with Gasteiger partial charge < -0.3 is 19.2 Å². The van der Waals surface area contributed by atoms with Gasteiger partial charge in [0.1, 0.15) is 18.1 Å². The normalized spacial score (nSPS) is 19.4. The lowest BCUT2D eigenvalue weighted by atomic mass is 10.2. The van der Waals surface area contributed by atoms with E-state index in [1.165, 1.54) is 0 Å². The van der Waals surface area contributed by atoms with E-state index in [0.29, 0.717) is 19.1 Å². The maximum Gasteiger partial charge on any atom is 0.129 e. The molecule has 0 aliphatic carbocycles. The Balaban J connectivity index is 1.62. The first kappa shape index (κ1) is 14.6. The lowest BCUT2D eigenvalue weighted by molar-refractivity contribution is 0.00557. The molecule has 1 aliphatic heterocycles. The van der Waals surface area contributed by atoms with E-state index in [4.69, 9.17) is 13.9 Å². The van der Waals surface area contributed by atoms with Crippen LogP contribution in [0.2, 0.25) is 0 Å². The highest BCUT2D eigenvalue weighted by atomic mass is 16.5. The van der Waals surface area contributed by atoms with Gasteiger partial charge in [-0.05, 0) is 37.4 Å². The average Bonchev–Trinajstić information content (AvgIpc) is 3.00. The molecule has 19 heavy (non-hydrogen) atoms. The molecule has 1 unspecified atom stereocenters. The summed E-state index contributed by atoms with van der Waals surface area (Å²) in [5.74, 6) is 2.51. The quantitative estimate of drug-likeness (QED) is 0.786. The summed E-state index contributed by atoms with van der Waals surface area (Å²) in [6.07, 6.45) is 2.55. The minimum atomic E-state index is 0.280. The van der Waals surface area contributed by atoms with E-state index in [2.05, 4.69) is 19.2 Å². The molecule has 0 bridgehead atoms. The minimum absolute atomic E-state index is 0.280. The summed E-state index contributed by atoms with van der Waals surface area (Å²) in [5, 5.41) is 3.36. The molecule has 4 nitrogen and oxygen atoms in total. The number of rotatable bonds is 8. The Labute approximate surface area is 115 Å². The lowest BCUT2D eigenvalue weighted by Gasteiger charge is -2.08. The van der Waals surface area contributed by atoms with Gasteiger partial charge in [0.25, 0.3) is 0 Å². The summed E-state index contributed by atoms with van der Waals surface area (Å²) in [6.45, 7) is 8.25. The van der Waals surface area contributed by atoms with Gasteiger partial charge in [0.05, 0.1) is 19.3 Å². The van der Waals surface area contributed by atoms with Gasteiger partial charge in [0.2, 0.25) is 0 Å². The summed E-state index contributed by atoms with van der Waals surface area (Å²) in [7, 11) is 0. The monoisotopic (exact) mass is 267 g/mol. The molecule has 0 saturated carbocycles. The molecule has 1 fully saturated rings. The predicted molar refractivity (Wildman–Crippen MR) is 73.9 cm³/mol. The van der Waals surface area contributed by atoms with Gasteiger partial charge in [-0.15, -0.1) is 0 Å². The number of furan rings is 1. The lowest BCUT2D eigenvalue weighted by Crippen LogP contribution is -2.18. The van der Waals surface area contributed by atoms with E-state index in [-0.39, 0.29) is 6.10 Å². The third-order valence-electron chi connectivity index (χ3n) is 3.14. The molecule has 1 aromatic rings. The molecular formula is C15H25NO3. The zero-order chi connectivity index (χ0) is 13.5. The Bertz CT molecular complexity index is 356. The maximum absolute atomic E-state index is 5.70. The van der Waals surface area contributed by atoms with Crippen molar-refractivity contribution in [2.75, 3.05) is 19.8 Å². The van der Waals surface area contributed by atoms with Crippen molar-refractivity contribution in [1.82, 2.24) is 5.32 Å².